The predicted octanol–water partition coefficient (Wildman–Crippen LogP) is -1.85. The molecule has 82 valence electrons. The molecule has 0 saturated carbocycles. The Morgan fingerprint density at radius 1 is 1.13 bits per heavy atom. The molecule has 0 atom stereocenters. The second-order valence-corrected chi connectivity index (χ2v) is 3.23. The van der Waals surface area contributed by atoms with Crippen molar-refractivity contribution in [3.05, 3.63) is 27.2 Å². The fourth-order valence-corrected chi connectivity index (χ4v) is 1.47. The molecule has 0 aromatic carbocycles. The Morgan fingerprint density at radius 3 is 2.33 bits per heavy atom. The first kappa shape index (κ1) is 11.2. The molecule has 0 spiro atoms. The van der Waals surface area contributed by atoms with Crippen LogP contribution in [0.1, 0.15) is 0 Å². The third-order valence-corrected chi connectivity index (χ3v) is 2.32. The van der Waals surface area contributed by atoms with E-state index in [-0.39, 0.29) is 16.7 Å². The molecule has 2 rings (SSSR count). The summed E-state index contributed by atoms with van der Waals surface area (Å²) in [6, 6.07) is 0. The average Bonchev–Trinajstić information content (AvgIpc) is 2.54. The smallest absolute Gasteiger partial charge is 0.332 e. The standard InChI is InChI=1S/C8H10N4O2.H2O/c1-10-4-9-6-5(10)7(13)12(3)8(14)11(6)2;/h4H,1-3H3;1H2. The van der Waals surface area contributed by atoms with E-state index < -0.39 is 0 Å². The van der Waals surface area contributed by atoms with E-state index in [0.29, 0.717) is 11.2 Å². The van der Waals surface area contributed by atoms with Gasteiger partial charge in [-0.1, -0.05) is 0 Å². The zero-order valence-corrected chi connectivity index (χ0v) is 8.68. The monoisotopic (exact) mass is 212 g/mol. The number of aryl methyl sites for hydroxylation is 2. The summed E-state index contributed by atoms with van der Waals surface area (Å²) in [5.41, 5.74) is 0.180. The molecule has 2 aromatic rings. The first-order valence-electron chi connectivity index (χ1n) is 4.11. The van der Waals surface area contributed by atoms with Crippen LogP contribution in [-0.2, 0) is 21.1 Å². The maximum absolute atomic E-state index is 11.7. The molecule has 2 N–H and O–H groups in total. The van der Waals surface area contributed by atoms with Crippen molar-refractivity contribution in [2.75, 3.05) is 0 Å². The lowest BCUT2D eigenvalue weighted by atomic mass is 10.5. The van der Waals surface area contributed by atoms with Crippen molar-refractivity contribution in [2.45, 2.75) is 0 Å². The Morgan fingerprint density at radius 2 is 1.73 bits per heavy atom. The Kier molecular flexibility index (Phi) is 2.50. The van der Waals surface area contributed by atoms with Crippen molar-refractivity contribution in [3.63, 3.8) is 0 Å². The van der Waals surface area contributed by atoms with Crippen molar-refractivity contribution in [3.8, 4) is 0 Å². The molecule has 0 radical (unpaired) electrons. The number of hydrogen-bond donors (Lipinski definition) is 0. The highest BCUT2D eigenvalue weighted by atomic mass is 16.2. The lowest BCUT2D eigenvalue weighted by Crippen LogP contribution is -2.37. The Bertz CT molecular complexity index is 619. The van der Waals surface area contributed by atoms with Crippen LogP contribution in [0.2, 0.25) is 0 Å². The molecule has 0 saturated heterocycles. The van der Waals surface area contributed by atoms with Gasteiger partial charge in [0.15, 0.2) is 11.2 Å². The molecule has 0 unspecified atom stereocenters. The van der Waals surface area contributed by atoms with Gasteiger partial charge in [0.1, 0.15) is 0 Å². The fraction of sp³-hybridized carbons (Fsp3) is 0.375. The van der Waals surface area contributed by atoms with Crippen LogP contribution in [0, 0.1) is 0 Å². The van der Waals surface area contributed by atoms with E-state index in [0.717, 1.165) is 4.57 Å². The van der Waals surface area contributed by atoms with Crippen LogP contribution in [0.25, 0.3) is 11.2 Å². The zero-order valence-electron chi connectivity index (χ0n) is 8.68. The van der Waals surface area contributed by atoms with Crippen LogP contribution >= 0.6 is 0 Å². The second-order valence-electron chi connectivity index (χ2n) is 3.23. The number of hydrogen-bond acceptors (Lipinski definition) is 3. The molecule has 0 bridgehead atoms. The van der Waals surface area contributed by atoms with E-state index in [9.17, 15) is 9.59 Å². The van der Waals surface area contributed by atoms with Gasteiger partial charge in [0.05, 0.1) is 6.33 Å². The predicted molar refractivity (Wildman–Crippen MR) is 54.8 cm³/mol. The molecule has 0 aliphatic heterocycles. The molecule has 0 fully saturated rings. The van der Waals surface area contributed by atoms with Crippen molar-refractivity contribution in [1.82, 2.24) is 18.7 Å². The summed E-state index contributed by atoms with van der Waals surface area (Å²) in [6.07, 6.45) is 1.52. The Labute approximate surface area is 84.5 Å². The van der Waals surface area contributed by atoms with Crippen LogP contribution < -0.4 is 11.2 Å². The minimum atomic E-state index is -0.360. The SMILES string of the molecule is Cn1c(=O)c2c(ncn2C)n(C)c1=O.O. The number of fused-ring (bicyclic) bond motifs is 1. The normalized spacial score (nSPS) is 10.3. The highest BCUT2D eigenvalue weighted by Gasteiger charge is 2.11. The molecule has 7 heteroatoms. The van der Waals surface area contributed by atoms with Gasteiger partial charge in [-0.15, -0.1) is 0 Å². The molecule has 2 aromatic heterocycles. The molecular weight excluding hydrogens is 200 g/mol. The first-order valence-corrected chi connectivity index (χ1v) is 4.11. The minimum Gasteiger partial charge on any atom is -0.412 e. The summed E-state index contributed by atoms with van der Waals surface area (Å²) in [7, 11) is 4.77. The van der Waals surface area contributed by atoms with Gasteiger partial charge in [-0.05, 0) is 0 Å². The fourth-order valence-electron chi connectivity index (χ4n) is 1.47. The van der Waals surface area contributed by atoms with Gasteiger partial charge in [-0.25, -0.2) is 9.78 Å². The van der Waals surface area contributed by atoms with Crippen molar-refractivity contribution in [2.24, 2.45) is 21.1 Å². The van der Waals surface area contributed by atoms with Gasteiger partial charge in [-0.2, -0.15) is 0 Å². The van der Waals surface area contributed by atoms with E-state index in [1.165, 1.54) is 17.9 Å². The number of aromatic nitrogens is 4. The summed E-state index contributed by atoms with van der Waals surface area (Å²) in [4.78, 5) is 27.2. The second kappa shape index (κ2) is 3.35. The number of nitrogens with zero attached hydrogens (tertiary/aromatic N) is 4. The third-order valence-electron chi connectivity index (χ3n) is 2.32. The van der Waals surface area contributed by atoms with E-state index >= 15 is 0 Å². The van der Waals surface area contributed by atoms with Crippen molar-refractivity contribution < 1.29 is 5.48 Å². The molecular formula is C8H12N4O3. The summed E-state index contributed by atoms with van der Waals surface area (Å²) in [5.74, 6) is 0. The quantitative estimate of drug-likeness (QED) is 0.512. The number of rotatable bonds is 0. The molecule has 0 aliphatic rings. The van der Waals surface area contributed by atoms with Gasteiger partial charge >= 0.3 is 5.69 Å². The van der Waals surface area contributed by atoms with Gasteiger partial charge in [0.25, 0.3) is 5.56 Å². The first-order chi connectivity index (χ1) is 6.54. The molecule has 7 nitrogen and oxygen atoms in total. The summed E-state index contributed by atoms with van der Waals surface area (Å²) < 4.78 is 4.04. The largest absolute Gasteiger partial charge is 0.412 e. The van der Waals surface area contributed by atoms with Crippen LogP contribution in [-0.4, -0.2) is 24.2 Å². The molecule has 0 amide bonds. The highest BCUT2D eigenvalue weighted by Crippen LogP contribution is 2.01. The third kappa shape index (κ3) is 1.28. The van der Waals surface area contributed by atoms with Crippen LogP contribution in [0.5, 0.6) is 0 Å². The van der Waals surface area contributed by atoms with E-state index in [1.54, 1.807) is 18.7 Å². The molecule has 2 heterocycles. The lowest BCUT2D eigenvalue weighted by molar-refractivity contribution is 0.705. The van der Waals surface area contributed by atoms with Gasteiger partial charge in [-0.3, -0.25) is 13.9 Å². The zero-order chi connectivity index (χ0) is 10.5. The molecule has 0 aliphatic carbocycles. The maximum atomic E-state index is 11.7. The summed E-state index contributed by atoms with van der Waals surface area (Å²) >= 11 is 0. The van der Waals surface area contributed by atoms with E-state index in [1.807, 2.05) is 0 Å². The number of imidazole rings is 1. The van der Waals surface area contributed by atoms with E-state index in [2.05, 4.69) is 4.98 Å². The van der Waals surface area contributed by atoms with Gasteiger partial charge < -0.3 is 10.0 Å². The van der Waals surface area contributed by atoms with Gasteiger partial charge in [0, 0.05) is 21.1 Å². The topological polar surface area (TPSA) is 93.3 Å². The lowest BCUT2D eigenvalue weighted by Gasteiger charge is -2.02. The summed E-state index contributed by atoms with van der Waals surface area (Å²) in [6.45, 7) is 0. The van der Waals surface area contributed by atoms with Gasteiger partial charge in [0.2, 0.25) is 0 Å². The average molecular weight is 212 g/mol. The van der Waals surface area contributed by atoms with Crippen LogP contribution in [0.3, 0.4) is 0 Å². The van der Waals surface area contributed by atoms with Crippen LogP contribution in [0.15, 0.2) is 15.9 Å². The Hall–Kier alpha value is -1.89. The maximum Gasteiger partial charge on any atom is 0.332 e. The van der Waals surface area contributed by atoms with E-state index in [4.69, 9.17) is 0 Å². The van der Waals surface area contributed by atoms with Crippen molar-refractivity contribution in [1.29, 1.82) is 0 Å². The van der Waals surface area contributed by atoms with Crippen LogP contribution in [0.4, 0.5) is 0 Å². The summed E-state index contributed by atoms with van der Waals surface area (Å²) in [5, 5.41) is 0. The van der Waals surface area contributed by atoms with Crippen molar-refractivity contribution >= 4 is 11.2 Å². The Balaban J connectivity index is 0.00000112. The minimum absolute atomic E-state index is 0. The molecule has 15 heavy (non-hydrogen) atoms. The highest BCUT2D eigenvalue weighted by molar-refractivity contribution is 5.69.